The number of Topliss-reactive ketones (excluding diaryl/α,β-unsaturated/α-hetero) is 2. The number of para-hydroxylation sites is 1. The lowest BCUT2D eigenvalue weighted by molar-refractivity contribution is -0.146. The molecule has 1 heterocycles. The lowest BCUT2D eigenvalue weighted by atomic mass is 10.0. The van der Waals surface area contributed by atoms with Crippen LogP contribution >= 0.6 is 11.8 Å². The van der Waals surface area contributed by atoms with E-state index < -0.39 is 12.1 Å². The van der Waals surface area contributed by atoms with Crippen molar-refractivity contribution in [3.05, 3.63) is 65.4 Å². The molecule has 1 aromatic heterocycles. The Hall–Kier alpha value is -2.86. The van der Waals surface area contributed by atoms with Crippen molar-refractivity contribution in [1.29, 1.82) is 0 Å². The minimum atomic E-state index is -0.920. The lowest BCUT2D eigenvalue weighted by Gasteiger charge is -2.12. The van der Waals surface area contributed by atoms with E-state index in [1.54, 1.807) is 30.8 Å². The number of hydrogen-bond acceptors (Lipinski definition) is 5. The number of carbonyl (C=O) groups excluding carboxylic acids is 3. The number of aromatic nitrogens is 1. The van der Waals surface area contributed by atoms with Crippen LogP contribution in [0.2, 0.25) is 0 Å². The molecule has 0 bridgehead atoms. The van der Waals surface area contributed by atoms with E-state index >= 15 is 0 Å². The number of esters is 1. The highest BCUT2D eigenvalue weighted by Crippen LogP contribution is 2.24. The van der Waals surface area contributed by atoms with E-state index in [1.807, 2.05) is 49.6 Å². The second-order valence-electron chi connectivity index (χ2n) is 6.82. The number of nitrogens with one attached hydrogen (secondary N) is 1. The monoisotopic (exact) mass is 409 g/mol. The second-order valence-corrected chi connectivity index (χ2v) is 7.70. The quantitative estimate of drug-likeness (QED) is 0.323. The van der Waals surface area contributed by atoms with Crippen LogP contribution in [0.15, 0.2) is 53.4 Å². The van der Waals surface area contributed by atoms with Gasteiger partial charge in [0.25, 0.3) is 0 Å². The summed E-state index contributed by atoms with van der Waals surface area (Å²) in [6, 6.07) is 14.8. The first-order valence-corrected chi connectivity index (χ1v) is 10.6. The summed E-state index contributed by atoms with van der Waals surface area (Å²) in [4.78, 5) is 41.5. The van der Waals surface area contributed by atoms with Crippen molar-refractivity contribution in [3.63, 3.8) is 0 Å². The van der Waals surface area contributed by atoms with Gasteiger partial charge in [0.05, 0.1) is 6.42 Å². The molecule has 5 nitrogen and oxygen atoms in total. The fraction of sp³-hybridized carbons (Fsp3) is 0.261. The molecule has 0 saturated carbocycles. The Bertz CT molecular complexity index is 1050. The normalized spacial score (nSPS) is 12.0. The zero-order valence-corrected chi connectivity index (χ0v) is 17.5. The van der Waals surface area contributed by atoms with Gasteiger partial charge in [0.2, 0.25) is 5.78 Å². The van der Waals surface area contributed by atoms with E-state index in [0.29, 0.717) is 11.1 Å². The zero-order valence-electron chi connectivity index (χ0n) is 16.7. The van der Waals surface area contributed by atoms with Crippen LogP contribution in [-0.4, -0.2) is 34.9 Å². The Morgan fingerprint density at radius 1 is 1.03 bits per heavy atom. The molecule has 0 aliphatic rings. The summed E-state index contributed by atoms with van der Waals surface area (Å²) >= 11 is 1.60. The fourth-order valence-corrected chi connectivity index (χ4v) is 3.65. The van der Waals surface area contributed by atoms with Crippen molar-refractivity contribution in [3.8, 4) is 0 Å². The van der Waals surface area contributed by atoms with Crippen molar-refractivity contribution in [2.45, 2.75) is 37.7 Å². The van der Waals surface area contributed by atoms with Gasteiger partial charge >= 0.3 is 5.97 Å². The molecule has 0 spiro atoms. The van der Waals surface area contributed by atoms with Crippen LogP contribution in [0.25, 0.3) is 10.9 Å². The number of carbonyl (C=O) groups is 3. The molecule has 0 aliphatic carbocycles. The minimum absolute atomic E-state index is 0.0461. The number of H-pyrrole nitrogens is 1. The molecule has 29 heavy (non-hydrogen) atoms. The van der Waals surface area contributed by atoms with Gasteiger partial charge < -0.3 is 9.72 Å². The molecule has 0 saturated heterocycles. The average Bonchev–Trinajstić information content (AvgIpc) is 3.07. The molecule has 3 aromatic rings. The van der Waals surface area contributed by atoms with E-state index in [4.69, 9.17) is 4.74 Å². The molecule has 3 rings (SSSR count). The van der Waals surface area contributed by atoms with Gasteiger partial charge in [0.1, 0.15) is 0 Å². The molecule has 1 atom stereocenters. The van der Waals surface area contributed by atoms with Gasteiger partial charge in [-0.15, -0.1) is 11.8 Å². The summed E-state index contributed by atoms with van der Waals surface area (Å²) in [5.74, 6) is -0.939. The summed E-state index contributed by atoms with van der Waals surface area (Å²) in [5, 5.41) is 0.807. The van der Waals surface area contributed by atoms with Crippen LogP contribution in [-0.2, 0) is 9.53 Å². The van der Waals surface area contributed by atoms with Crippen molar-refractivity contribution >= 4 is 40.2 Å². The van der Waals surface area contributed by atoms with Crippen LogP contribution in [0.4, 0.5) is 0 Å². The summed E-state index contributed by atoms with van der Waals surface area (Å²) in [6.45, 7) is 3.38. The van der Waals surface area contributed by atoms with Crippen molar-refractivity contribution in [1.82, 2.24) is 4.98 Å². The topological polar surface area (TPSA) is 76.2 Å². The molecule has 6 heteroatoms. The summed E-state index contributed by atoms with van der Waals surface area (Å²) in [5.41, 5.74) is 2.70. The molecule has 0 aliphatic heterocycles. The van der Waals surface area contributed by atoms with Crippen molar-refractivity contribution < 1.29 is 19.1 Å². The van der Waals surface area contributed by atoms with Gasteiger partial charge in [-0.2, -0.15) is 0 Å². The first kappa shape index (κ1) is 20.9. The van der Waals surface area contributed by atoms with Gasteiger partial charge in [0, 0.05) is 39.0 Å². The predicted molar refractivity (Wildman–Crippen MR) is 115 cm³/mol. The van der Waals surface area contributed by atoms with Crippen LogP contribution in [0.1, 0.15) is 46.2 Å². The first-order valence-electron chi connectivity index (χ1n) is 9.39. The van der Waals surface area contributed by atoms with Crippen LogP contribution < -0.4 is 0 Å². The largest absolute Gasteiger partial charge is 0.454 e. The number of hydrogen-bond donors (Lipinski definition) is 1. The van der Waals surface area contributed by atoms with Crippen molar-refractivity contribution in [2.24, 2.45) is 0 Å². The molecular formula is C23H23NO4S. The van der Waals surface area contributed by atoms with E-state index in [2.05, 4.69) is 4.98 Å². The maximum Gasteiger partial charge on any atom is 0.306 e. The zero-order chi connectivity index (χ0) is 21.0. The molecule has 1 N–H and O–H groups in total. The molecule has 150 valence electrons. The number of rotatable bonds is 8. The van der Waals surface area contributed by atoms with E-state index in [0.717, 1.165) is 21.5 Å². The highest BCUT2D eigenvalue weighted by atomic mass is 32.2. The molecular weight excluding hydrogens is 386 g/mol. The van der Waals surface area contributed by atoms with Gasteiger partial charge in [-0.1, -0.05) is 30.3 Å². The Balaban J connectivity index is 1.59. The van der Waals surface area contributed by atoms with Crippen LogP contribution in [0, 0.1) is 6.92 Å². The number of fused-ring (bicyclic) bond motifs is 1. The Morgan fingerprint density at radius 3 is 2.41 bits per heavy atom. The number of aromatic amines is 1. The number of thioether (sulfide) groups is 1. The number of benzene rings is 2. The van der Waals surface area contributed by atoms with E-state index in [1.165, 1.54) is 0 Å². The van der Waals surface area contributed by atoms with Gasteiger partial charge in [-0.05, 0) is 38.3 Å². The Labute approximate surface area is 173 Å². The third-order valence-corrected chi connectivity index (χ3v) is 5.53. The summed E-state index contributed by atoms with van der Waals surface area (Å²) < 4.78 is 5.30. The second kappa shape index (κ2) is 9.09. The fourth-order valence-electron chi connectivity index (χ4n) is 3.24. The average molecular weight is 410 g/mol. The predicted octanol–water partition coefficient (Wildman–Crippen LogP) is 4.98. The Morgan fingerprint density at radius 2 is 1.72 bits per heavy atom. The van der Waals surface area contributed by atoms with Crippen LogP contribution in [0.5, 0.6) is 0 Å². The number of ketones is 2. The SMILES string of the molecule is CSc1ccc(C(=O)CCC(=O)O[C@H](C)C(=O)c2c(C)[nH]c3ccccc23)cc1. The van der Waals surface area contributed by atoms with Crippen molar-refractivity contribution in [2.75, 3.05) is 6.26 Å². The maximum atomic E-state index is 12.8. The minimum Gasteiger partial charge on any atom is -0.454 e. The molecule has 0 unspecified atom stereocenters. The smallest absolute Gasteiger partial charge is 0.306 e. The summed E-state index contributed by atoms with van der Waals surface area (Å²) in [6.07, 6.45) is 1.03. The number of aryl methyl sites for hydroxylation is 1. The Kier molecular flexibility index (Phi) is 6.54. The highest BCUT2D eigenvalue weighted by molar-refractivity contribution is 7.98. The van der Waals surface area contributed by atoms with E-state index in [-0.39, 0.29) is 24.4 Å². The van der Waals surface area contributed by atoms with E-state index in [9.17, 15) is 14.4 Å². The molecule has 0 radical (unpaired) electrons. The van der Waals surface area contributed by atoms with Crippen LogP contribution in [0.3, 0.4) is 0 Å². The van der Waals surface area contributed by atoms with Gasteiger partial charge in [-0.25, -0.2) is 0 Å². The van der Waals surface area contributed by atoms with Gasteiger partial charge in [0.15, 0.2) is 11.9 Å². The summed E-state index contributed by atoms with van der Waals surface area (Å²) in [7, 11) is 0. The lowest BCUT2D eigenvalue weighted by Crippen LogP contribution is -2.25. The third kappa shape index (κ3) is 4.77. The molecule has 2 aromatic carbocycles. The number of ether oxygens (including phenoxy) is 1. The molecule has 0 amide bonds. The standard InChI is InChI=1S/C23H23NO4S/c1-14-22(18-6-4-5-7-19(18)24-14)23(27)15(2)28-21(26)13-12-20(25)16-8-10-17(29-3)11-9-16/h4-11,15,24H,12-13H2,1-3H3/t15-/m1/s1. The van der Waals surface area contributed by atoms with Gasteiger partial charge in [-0.3, -0.25) is 14.4 Å². The third-order valence-electron chi connectivity index (χ3n) is 4.79. The highest BCUT2D eigenvalue weighted by Gasteiger charge is 2.24. The first-order chi connectivity index (χ1) is 13.9. The maximum absolute atomic E-state index is 12.8. The molecule has 0 fully saturated rings.